The van der Waals surface area contributed by atoms with Gasteiger partial charge in [-0.2, -0.15) is 0 Å². The highest BCUT2D eigenvalue weighted by Crippen LogP contribution is 1.96. The van der Waals surface area contributed by atoms with Gasteiger partial charge in [0.1, 0.15) is 0 Å². The Morgan fingerprint density at radius 3 is 3.18 bits per heavy atom. The lowest BCUT2D eigenvalue weighted by molar-refractivity contribution is 0.947. The molecule has 0 spiro atoms. The predicted molar refractivity (Wildman–Crippen MR) is 42.0 cm³/mol. The van der Waals surface area contributed by atoms with Crippen molar-refractivity contribution in [1.82, 2.24) is 4.98 Å². The summed E-state index contributed by atoms with van der Waals surface area (Å²) < 4.78 is 0. The molecule has 0 amide bonds. The molecule has 0 unspecified atom stereocenters. The molecular formula is C7H8N4. The van der Waals surface area contributed by atoms with Gasteiger partial charge in [-0.25, -0.2) is 0 Å². The SMILES string of the molecule is [N-]=[N+]=NCCc1cccnc1. The van der Waals surface area contributed by atoms with Crippen LogP contribution in [-0.2, 0) is 6.42 Å². The number of pyridine rings is 1. The molecule has 4 heteroatoms. The van der Waals surface area contributed by atoms with Crippen LogP contribution < -0.4 is 0 Å². The molecule has 0 aliphatic heterocycles. The lowest BCUT2D eigenvalue weighted by atomic mass is 10.2. The summed E-state index contributed by atoms with van der Waals surface area (Å²) in [6, 6.07) is 3.82. The first-order chi connectivity index (χ1) is 5.43. The quantitative estimate of drug-likeness (QED) is 0.367. The number of rotatable bonds is 3. The van der Waals surface area contributed by atoms with Crippen LogP contribution in [-0.4, -0.2) is 11.5 Å². The van der Waals surface area contributed by atoms with E-state index in [9.17, 15) is 0 Å². The summed E-state index contributed by atoms with van der Waals surface area (Å²) in [5.41, 5.74) is 9.08. The fourth-order valence-corrected chi connectivity index (χ4v) is 0.770. The first-order valence-electron chi connectivity index (χ1n) is 3.33. The van der Waals surface area contributed by atoms with Gasteiger partial charge in [0.05, 0.1) is 0 Å². The minimum Gasteiger partial charge on any atom is -0.264 e. The first-order valence-corrected chi connectivity index (χ1v) is 3.33. The van der Waals surface area contributed by atoms with E-state index < -0.39 is 0 Å². The molecule has 0 bridgehead atoms. The van der Waals surface area contributed by atoms with Gasteiger partial charge in [-0.05, 0) is 23.6 Å². The zero-order chi connectivity index (χ0) is 7.94. The Morgan fingerprint density at radius 2 is 2.55 bits per heavy atom. The summed E-state index contributed by atoms with van der Waals surface area (Å²) >= 11 is 0. The normalized spacial score (nSPS) is 8.73. The van der Waals surface area contributed by atoms with Gasteiger partial charge in [0.15, 0.2) is 0 Å². The average Bonchev–Trinajstić information content (AvgIpc) is 2.07. The number of nitrogens with zero attached hydrogens (tertiary/aromatic N) is 4. The smallest absolute Gasteiger partial charge is 0.0299 e. The zero-order valence-corrected chi connectivity index (χ0v) is 6.01. The standard InChI is InChI=1S/C7H8N4/c8-11-10-5-3-7-2-1-4-9-6-7/h1-2,4,6H,3,5H2. The average molecular weight is 148 g/mol. The number of hydrogen-bond donors (Lipinski definition) is 0. The van der Waals surface area contributed by atoms with Crippen molar-refractivity contribution >= 4 is 0 Å². The summed E-state index contributed by atoms with van der Waals surface area (Å²) in [5, 5.41) is 3.42. The molecule has 1 heterocycles. The second-order valence-corrected chi connectivity index (χ2v) is 2.07. The Kier molecular flexibility index (Phi) is 2.96. The minimum absolute atomic E-state index is 0.502. The van der Waals surface area contributed by atoms with Gasteiger partial charge in [0, 0.05) is 23.9 Å². The molecule has 0 radical (unpaired) electrons. The van der Waals surface area contributed by atoms with Crippen LogP contribution in [0.3, 0.4) is 0 Å². The van der Waals surface area contributed by atoms with Crippen molar-refractivity contribution in [2.75, 3.05) is 6.54 Å². The van der Waals surface area contributed by atoms with Crippen LogP contribution in [0.5, 0.6) is 0 Å². The van der Waals surface area contributed by atoms with Crippen molar-refractivity contribution in [3.05, 3.63) is 40.5 Å². The highest BCUT2D eigenvalue weighted by Gasteiger charge is 1.88. The molecule has 0 saturated heterocycles. The molecule has 11 heavy (non-hydrogen) atoms. The Hall–Kier alpha value is -1.54. The number of hydrogen-bond acceptors (Lipinski definition) is 2. The maximum atomic E-state index is 7.99. The predicted octanol–water partition coefficient (Wildman–Crippen LogP) is 1.93. The van der Waals surface area contributed by atoms with Crippen LogP contribution in [0.2, 0.25) is 0 Å². The summed E-state index contributed by atoms with van der Waals surface area (Å²) in [4.78, 5) is 6.58. The minimum atomic E-state index is 0.502. The number of aromatic nitrogens is 1. The molecule has 0 atom stereocenters. The van der Waals surface area contributed by atoms with Gasteiger partial charge < -0.3 is 0 Å². The Bertz CT molecular complexity index is 250. The number of azide groups is 1. The fourth-order valence-electron chi connectivity index (χ4n) is 0.770. The van der Waals surface area contributed by atoms with Crippen LogP contribution in [0.4, 0.5) is 0 Å². The molecule has 0 fully saturated rings. The van der Waals surface area contributed by atoms with Gasteiger partial charge >= 0.3 is 0 Å². The van der Waals surface area contributed by atoms with E-state index in [1.807, 2.05) is 12.1 Å². The summed E-state index contributed by atoms with van der Waals surface area (Å²) in [5.74, 6) is 0. The third kappa shape index (κ3) is 2.69. The van der Waals surface area contributed by atoms with Gasteiger partial charge in [0.25, 0.3) is 0 Å². The summed E-state index contributed by atoms with van der Waals surface area (Å²) in [6.07, 6.45) is 4.25. The van der Waals surface area contributed by atoms with Crippen molar-refractivity contribution in [2.24, 2.45) is 5.11 Å². The largest absolute Gasteiger partial charge is 0.264 e. The van der Waals surface area contributed by atoms with E-state index in [4.69, 9.17) is 5.53 Å². The highest BCUT2D eigenvalue weighted by atomic mass is 15.1. The zero-order valence-electron chi connectivity index (χ0n) is 6.01. The maximum Gasteiger partial charge on any atom is 0.0299 e. The summed E-state index contributed by atoms with van der Waals surface area (Å²) in [7, 11) is 0. The van der Waals surface area contributed by atoms with Crippen LogP contribution in [0.1, 0.15) is 5.56 Å². The molecule has 0 N–H and O–H groups in total. The van der Waals surface area contributed by atoms with Crippen LogP contribution in [0.15, 0.2) is 29.6 Å². The molecule has 0 aliphatic carbocycles. The molecular weight excluding hydrogens is 140 g/mol. The van der Waals surface area contributed by atoms with Crippen molar-refractivity contribution in [1.29, 1.82) is 0 Å². The molecule has 0 saturated carbocycles. The molecule has 1 rings (SSSR count). The third-order valence-electron chi connectivity index (χ3n) is 1.29. The molecule has 1 aromatic heterocycles. The second-order valence-electron chi connectivity index (χ2n) is 2.07. The Labute approximate surface area is 64.5 Å². The van der Waals surface area contributed by atoms with Gasteiger partial charge in [-0.1, -0.05) is 11.2 Å². The van der Waals surface area contributed by atoms with Crippen molar-refractivity contribution < 1.29 is 0 Å². The van der Waals surface area contributed by atoms with Crippen LogP contribution in [0, 0.1) is 0 Å². The van der Waals surface area contributed by atoms with Crippen LogP contribution >= 0.6 is 0 Å². The molecule has 0 aromatic carbocycles. The van der Waals surface area contributed by atoms with Gasteiger partial charge in [0.2, 0.25) is 0 Å². The monoisotopic (exact) mass is 148 g/mol. The Morgan fingerprint density at radius 1 is 1.64 bits per heavy atom. The topological polar surface area (TPSA) is 61.7 Å². The van der Waals surface area contributed by atoms with E-state index >= 15 is 0 Å². The van der Waals surface area contributed by atoms with Crippen LogP contribution in [0.25, 0.3) is 10.4 Å². The van der Waals surface area contributed by atoms with E-state index in [1.54, 1.807) is 12.4 Å². The fraction of sp³-hybridized carbons (Fsp3) is 0.286. The molecule has 1 aromatic rings. The second kappa shape index (κ2) is 4.30. The van der Waals surface area contributed by atoms with E-state index in [-0.39, 0.29) is 0 Å². The summed E-state index contributed by atoms with van der Waals surface area (Å²) in [6.45, 7) is 0.502. The van der Waals surface area contributed by atoms with E-state index in [0.29, 0.717) is 6.54 Å². The lowest BCUT2D eigenvalue weighted by Gasteiger charge is -1.93. The van der Waals surface area contributed by atoms with E-state index in [2.05, 4.69) is 15.0 Å². The first kappa shape index (κ1) is 7.57. The van der Waals surface area contributed by atoms with E-state index in [1.165, 1.54) is 0 Å². The van der Waals surface area contributed by atoms with Gasteiger partial charge in [-0.15, -0.1) is 0 Å². The van der Waals surface area contributed by atoms with Gasteiger partial charge in [-0.3, -0.25) is 4.98 Å². The Balaban J connectivity index is 2.45. The molecule has 0 aliphatic rings. The van der Waals surface area contributed by atoms with E-state index in [0.717, 1.165) is 12.0 Å². The van der Waals surface area contributed by atoms with Crippen molar-refractivity contribution in [3.8, 4) is 0 Å². The van der Waals surface area contributed by atoms with Crippen molar-refractivity contribution in [3.63, 3.8) is 0 Å². The highest BCUT2D eigenvalue weighted by molar-refractivity contribution is 5.08. The molecule has 56 valence electrons. The van der Waals surface area contributed by atoms with Crippen molar-refractivity contribution in [2.45, 2.75) is 6.42 Å². The lowest BCUT2D eigenvalue weighted by Crippen LogP contribution is -1.87. The maximum absolute atomic E-state index is 7.99. The molecule has 4 nitrogen and oxygen atoms in total. The third-order valence-corrected chi connectivity index (χ3v) is 1.29.